The molecule has 1 N–H and O–H groups in total. The summed E-state index contributed by atoms with van der Waals surface area (Å²) in [7, 11) is 0. The quantitative estimate of drug-likeness (QED) is 0.810. The van der Waals surface area contributed by atoms with Crippen LogP contribution >= 0.6 is 0 Å². The van der Waals surface area contributed by atoms with Gasteiger partial charge in [-0.2, -0.15) is 4.98 Å². The highest BCUT2D eigenvalue weighted by Crippen LogP contribution is 2.40. The molecule has 0 unspecified atom stereocenters. The van der Waals surface area contributed by atoms with E-state index >= 15 is 0 Å². The van der Waals surface area contributed by atoms with Crippen LogP contribution in [0.4, 0.5) is 0 Å². The number of carbonyl (C=O) groups is 1. The van der Waals surface area contributed by atoms with Gasteiger partial charge in [-0.1, -0.05) is 0 Å². The zero-order chi connectivity index (χ0) is 10.8. The second kappa shape index (κ2) is 3.84. The number of carboxylic acid groups (broad SMARTS) is 1. The van der Waals surface area contributed by atoms with E-state index in [9.17, 15) is 4.79 Å². The third kappa shape index (κ3) is 2.06. The Morgan fingerprint density at radius 3 is 2.93 bits per heavy atom. The fourth-order valence-electron chi connectivity index (χ4n) is 1.41. The molecule has 1 aromatic rings. The highest BCUT2D eigenvalue weighted by molar-refractivity contribution is 5.88. The van der Waals surface area contributed by atoms with E-state index < -0.39 is 5.97 Å². The van der Waals surface area contributed by atoms with Crippen LogP contribution < -0.4 is 4.74 Å². The maximum absolute atomic E-state index is 10.9. The van der Waals surface area contributed by atoms with Crippen molar-refractivity contribution in [2.45, 2.75) is 25.7 Å². The average Bonchev–Trinajstić information content (AvgIpc) is 3.01. The Morgan fingerprint density at radius 2 is 2.40 bits per heavy atom. The van der Waals surface area contributed by atoms with Crippen LogP contribution in [0, 0.1) is 0 Å². The molecule has 1 aliphatic carbocycles. The molecule has 1 aromatic heterocycles. The lowest BCUT2D eigenvalue weighted by Gasteiger charge is -2.05. The summed E-state index contributed by atoms with van der Waals surface area (Å²) in [6.07, 6.45) is 3.33. The summed E-state index contributed by atoms with van der Waals surface area (Å²) in [5.41, 5.74) is 0.807. The highest BCUT2D eigenvalue weighted by Gasteiger charge is 2.30. The summed E-state index contributed by atoms with van der Waals surface area (Å²) in [5, 5.41) is 8.94. The Hall–Kier alpha value is -1.65. The van der Waals surface area contributed by atoms with E-state index in [2.05, 4.69) is 9.97 Å². The molecule has 1 fully saturated rings. The van der Waals surface area contributed by atoms with Crippen molar-refractivity contribution in [3.63, 3.8) is 0 Å². The third-order valence-corrected chi connectivity index (χ3v) is 2.26. The molecule has 2 rings (SSSR count). The first-order valence-electron chi connectivity index (χ1n) is 4.95. The van der Waals surface area contributed by atoms with Crippen molar-refractivity contribution in [3.8, 4) is 6.01 Å². The second-order valence-corrected chi connectivity index (χ2v) is 3.46. The van der Waals surface area contributed by atoms with Gasteiger partial charge >= 0.3 is 12.0 Å². The predicted octanol–water partition coefficient (Wildman–Crippen LogP) is 1.45. The number of hydrogen-bond acceptors (Lipinski definition) is 4. The van der Waals surface area contributed by atoms with E-state index in [-0.39, 0.29) is 17.5 Å². The molecular weight excluding hydrogens is 196 g/mol. The summed E-state index contributed by atoms with van der Waals surface area (Å²) >= 11 is 0. The van der Waals surface area contributed by atoms with E-state index in [0.29, 0.717) is 12.3 Å². The van der Waals surface area contributed by atoms with Crippen molar-refractivity contribution in [2.24, 2.45) is 0 Å². The van der Waals surface area contributed by atoms with Gasteiger partial charge in [0.1, 0.15) is 0 Å². The molecule has 1 saturated carbocycles. The molecule has 5 heteroatoms. The first-order chi connectivity index (χ1) is 7.22. The van der Waals surface area contributed by atoms with Gasteiger partial charge in [0, 0.05) is 12.1 Å². The molecule has 0 radical (unpaired) electrons. The van der Waals surface area contributed by atoms with Crippen molar-refractivity contribution >= 4 is 5.97 Å². The molecule has 0 atom stereocenters. The molecule has 5 nitrogen and oxygen atoms in total. The van der Waals surface area contributed by atoms with Gasteiger partial charge in [0.2, 0.25) is 0 Å². The second-order valence-electron chi connectivity index (χ2n) is 3.46. The van der Waals surface area contributed by atoms with Crippen molar-refractivity contribution in [3.05, 3.63) is 17.5 Å². The van der Waals surface area contributed by atoms with Gasteiger partial charge in [0.25, 0.3) is 0 Å². The lowest BCUT2D eigenvalue weighted by molar-refractivity contribution is 0.0694. The standard InChI is InChI=1S/C10H12N2O3/c1-2-15-10-11-5-7(9(13)14)8(12-10)6-3-4-6/h5-6H,2-4H2,1H3,(H,13,14). The van der Waals surface area contributed by atoms with Crippen LogP contribution in [0.5, 0.6) is 6.01 Å². The summed E-state index contributed by atoms with van der Waals surface area (Å²) in [6, 6.07) is 0.268. The zero-order valence-corrected chi connectivity index (χ0v) is 8.43. The lowest BCUT2D eigenvalue weighted by atomic mass is 10.1. The number of aromatic carboxylic acids is 1. The Balaban J connectivity index is 2.35. The Bertz CT molecular complexity index is 388. The van der Waals surface area contributed by atoms with Crippen molar-refractivity contribution < 1.29 is 14.6 Å². The maximum Gasteiger partial charge on any atom is 0.339 e. The average molecular weight is 208 g/mol. The molecule has 1 aliphatic rings. The third-order valence-electron chi connectivity index (χ3n) is 2.26. The molecule has 0 spiro atoms. The first-order valence-corrected chi connectivity index (χ1v) is 4.95. The topological polar surface area (TPSA) is 72.3 Å². The molecular formula is C10H12N2O3. The van der Waals surface area contributed by atoms with E-state index in [1.165, 1.54) is 6.20 Å². The van der Waals surface area contributed by atoms with E-state index in [1.54, 1.807) is 0 Å². The van der Waals surface area contributed by atoms with Crippen LogP contribution in [0.2, 0.25) is 0 Å². The minimum absolute atomic E-state index is 0.195. The van der Waals surface area contributed by atoms with Crippen molar-refractivity contribution in [1.29, 1.82) is 0 Å². The van der Waals surface area contributed by atoms with Crippen molar-refractivity contribution in [1.82, 2.24) is 9.97 Å². The van der Waals surface area contributed by atoms with Crippen LogP contribution in [0.15, 0.2) is 6.20 Å². The summed E-state index contributed by atoms with van der Waals surface area (Å²) < 4.78 is 5.14. The molecule has 15 heavy (non-hydrogen) atoms. The van der Waals surface area contributed by atoms with Gasteiger partial charge in [-0.15, -0.1) is 0 Å². The number of aromatic nitrogens is 2. The monoisotopic (exact) mass is 208 g/mol. The van der Waals surface area contributed by atoms with Crippen LogP contribution in [0.1, 0.15) is 41.7 Å². The van der Waals surface area contributed by atoms with Gasteiger partial charge in [0.05, 0.1) is 17.9 Å². The van der Waals surface area contributed by atoms with Crippen LogP contribution in [-0.4, -0.2) is 27.7 Å². The number of ether oxygens (including phenoxy) is 1. The number of hydrogen-bond donors (Lipinski definition) is 1. The number of rotatable bonds is 4. The SMILES string of the molecule is CCOc1ncc(C(=O)O)c(C2CC2)n1. The van der Waals surface area contributed by atoms with Gasteiger partial charge in [-0.3, -0.25) is 0 Å². The van der Waals surface area contributed by atoms with Gasteiger partial charge in [0.15, 0.2) is 0 Å². The Kier molecular flexibility index (Phi) is 2.53. The number of nitrogens with zero attached hydrogens (tertiary/aromatic N) is 2. The Labute approximate surface area is 87.1 Å². The fourth-order valence-corrected chi connectivity index (χ4v) is 1.41. The molecule has 0 saturated heterocycles. The molecule has 1 heterocycles. The highest BCUT2D eigenvalue weighted by atomic mass is 16.5. The molecule has 0 amide bonds. The molecule has 0 aromatic carbocycles. The van der Waals surface area contributed by atoms with Crippen LogP contribution in [0.25, 0.3) is 0 Å². The minimum Gasteiger partial charge on any atom is -0.478 e. The molecule has 0 bridgehead atoms. The normalized spacial score (nSPS) is 15.0. The van der Waals surface area contributed by atoms with Gasteiger partial charge in [-0.05, 0) is 19.8 Å². The van der Waals surface area contributed by atoms with Crippen LogP contribution in [0.3, 0.4) is 0 Å². The zero-order valence-electron chi connectivity index (χ0n) is 8.43. The van der Waals surface area contributed by atoms with E-state index in [1.807, 2.05) is 6.92 Å². The predicted molar refractivity (Wildman–Crippen MR) is 52.1 cm³/mol. The van der Waals surface area contributed by atoms with Crippen molar-refractivity contribution in [2.75, 3.05) is 6.61 Å². The smallest absolute Gasteiger partial charge is 0.339 e. The Morgan fingerprint density at radius 1 is 1.67 bits per heavy atom. The number of carboxylic acids is 1. The van der Waals surface area contributed by atoms with Gasteiger partial charge in [-0.25, -0.2) is 9.78 Å². The first kappa shape index (κ1) is 9.89. The van der Waals surface area contributed by atoms with E-state index in [0.717, 1.165) is 12.8 Å². The lowest BCUT2D eigenvalue weighted by Crippen LogP contribution is -2.07. The van der Waals surface area contributed by atoms with Crippen LogP contribution in [-0.2, 0) is 0 Å². The fraction of sp³-hybridized carbons (Fsp3) is 0.500. The van der Waals surface area contributed by atoms with E-state index in [4.69, 9.17) is 9.84 Å². The summed E-state index contributed by atoms with van der Waals surface area (Å²) in [5.74, 6) is -0.696. The summed E-state index contributed by atoms with van der Waals surface area (Å²) in [6.45, 7) is 2.32. The maximum atomic E-state index is 10.9. The van der Waals surface area contributed by atoms with Gasteiger partial charge < -0.3 is 9.84 Å². The summed E-state index contributed by atoms with van der Waals surface area (Å²) in [4.78, 5) is 18.9. The largest absolute Gasteiger partial charge is 0.478 e. The minimum atomic E-state index is -0.972. The molecule has 80 valence electrons. The molecule has 0 aliphatic heterocycles.